The van der Waals surface area contributed by atoms with Crippen LogP contribution in [0.2, 0.25) is 0 Å². The predicted octanol–water partition coefficient (Wildman–Crippen LogP) is 1.39. The zero-order chi connectivity index (χ0) is 11.7. The van der Waals surface area contributed by atoms with Crippen LogP contribution in [0.1, 0.15) is 36.7 Å². The lowest BCUT2D eigenvalue weighted by Gasteiger charge is -2.21. The fraction of sp³-hybridized carbons (Fsp3) is 0.400. The fourth-order valence-corrected chi connectivity index (χ4v) is 2.39. The van der Waals surface area contributed by atoms with E-state index in [0.717, 1.165) is 16.2 Å². The highest BCUT2D eigenvalue weighted by atomic mass is 32.1. The van der Waals surface area contributed by atoms with E-state index in [0.29, 0.717) is 30.1 Å². The molecule has 1 aromatic rings. The van der Waals surface area contributed by atoms with Gasteiger partial charge in [0.25, 0.3) is 0 Å². The molecule has 0 N–H and O–H groups in total. The lowest BCUT2D eigenvalue weighted by atomic mass is 10.1. The van der Waals surface area contributed by atoms with E-state index in [4.69, 9.17) is 0 Å². The first kappa shape index (κ1) is 10.9. The van der Waals surface area contributed by atoms with Crippen molar-refractivity contribution in [2.45, 2.75) is 26.2 Å². The Kier molecular flexibility index (Phi) is 2.82. The average molecular weight is 238 g/mol. The molecule has 84 valence electrons. The minimum Gasteiger partial charge on any atom is -0.293 e. The fourth-order valence-electron chi connectivity index (χ4n) is 1.50. The molecule has 1 saturated heterocycles. The Labute approximate surface area is 96.1 Å². The molecular weight excluding hydrogens is 228 g/mol. The Morgan fingerprint density at radius 2 is 2.00 bits per heavy atom. The number of imide groups is 1. The van der Waals surface area contributed by atoms with Crippen LogP contribution in [0.5, 0.6) is 0 Å². The van der Waals surface area contributed by atoms with Crippen molar-refractivity contribution in [3.63, 3.8) is 0 Å². The number of hydrogen-bond donors (Lipinski definition) is 0. The van der Waals surface area contributed by atoms with E-state index in [1.807, 2.05) is 0 Å². The summed E-state index contributed by atoms with van der Waals surface area (Å²) in [6.45, 7) is 1.40. The van der Waals surface area contributed by atoms with Crippen LogP contribution in [-0.2, 0) is 9.59 Å². The number of carbonyl (C=O) groups excluding carboxylic acids is 3. The molecule has 0 spiro atoms. The second-order valence-corrected chi connectivity index (χ2v) is 4.38. The van der Waals surface area contributed by atoms with Crippen LogP contribution in [-0.4, -0.2) is 22.6 Å². The summed E-state index contributed by atoms with van der Waals surface area (Å²) < 4.78 is 0. The highest BCUT2D eigenvalue weighted by molar-refractivity contribution is 7.14. The van der Waals surface area contributed by atoms with Crippen molar-refractivity contribution in [2.75, 3.05) is 4.90 Å². The van der Waals surface area contributed by atoms with E-state index in [1.165, 1.54) is 6.92 Å². The van der Waals surface area contributed by atoms with Gasteiger partial charge in [0.1, 0.15) is 5.69 Å². The number of hydrogen-bond acceptors (Lipinski definition) is 5. The number of rotatable bonds is 2. The van der Waals surface area contributed by atoms with Crippen molar-refractivity contribution in [1.82, 2.24) is 4.98 Å². The van der Waals surface area contributed by atoms with Gasteiger partial charge in [-0.2, -0.15) is 0 Å². The van der Waals surface area contributed by atoms with Gasteiger partial charge in [0.05, 0.1) is 0 Å². The van der Waals surface area contributed by atoms with E-state index in [2.05, 4.69) is 4.98 Å². The Morgan fingerprint density at radius 1 is 1.38 bits per heavy atom. The van der Waals surface area contributed by atoms with Gasteiger partial charge in [0.2, 0.25) is 11.8 Å². The number of ketones is 1. The number of amides is 2. The van der Waals surface area contributed by atoms with Crippen molar-refractivity contribution in [2.24, 2.45) is 0 Å². The van der Waals surface area contributed by atoms with Crippen LogP contribution in [0.3, 0.4) is 0 Å². The SMILES string of the molecule is CC(=O)c1csc(N2C(=O)CCCC2=O)n1. The van der Waals surface area contributed by atoms with E-state index in [9.17, 15) is 14.4 Å². The van der Waals surface area contributed by atoms with E-state index < -0.39 is 0 Å². The molecule has 0 bridgehead atoms. The highest BCUT2D eigenvalue weighted by Gasteiger charge is 2.29. The molecule has 0 aliphatic carbocycles. The van der Waals surface area contributed by atoms with Crippen molar-refractivity contribution in [3.05, 3.63) is 11.1 Å². The zero-order valence-electron chi connectivity index (χ0n) is 8.73. The predicted molar refractivity (Wildman–Crippen MR) is 58.5 cm³/mol. The third kappa shape index (κ3) is 1.88. The van der Waals surface area contributed by atoms with Crippen molar-refractivity contribution in [3.8, 4) is 0 Å². The summed E-state index contributed by atoms with van der Waals surface area (Å²) in [6, 6.07) is 0. The van der Waals surface area contributed by atoms with E-state index in [-0.39, 0.29) is 17.6 Å². The lowest BCUT2D eigenvalue weighted by Crippen LogP contribution is -2.40. The van der Waals surface area contributed by atoms with Crippen LogP contribution in [0, 0.1) is 0 Å². The third-order valence-electron chi connectivity index (χ3n) is 2.32. The topological polar surface area (TPSA) is 67.3 Å². The maximum absolute atomic E-state index is 11.6. The Balaban J connectivity index is 2.31. The first-order valence-corrected chi connectivity index (χ1v) is 5.80. The highest BCUT2D eigenvalue weighted by Crippen LogP contribution is 2.25. The standard InChI is InChI=1S/C10H10N2O3S/c1-6(13)7-5-16-10(11-7)12-8(14)3-2-4-9(12)15/h5H,2-4H2,1H3. The van der Waals surface area contributed by atoms with Crippen LogP contribution < -0.4 is 4.90 Å². The summed E-state index contributed by atoms with van der Waals surface area (Å²) >= 11 is 1.14. The molecule has 16 heavy (non-hydrogen) atoms. The normalized spacial score (nSPS) is 16.7. The molecular formula is C10H10N2O3S. The number of piperidine rings is 1. The lowest BCUT2D eigenvalue weighted by molar-refractivity contribution is -0.129. The molecule has 5 nitrogen and oxygen atoms in total. The molecule has 0 unspecified atom stereocenters. The molecule has 0 atom stereocenters. The summed E-state index contributed by atoms with van der Waals surface area (Å²) in [7, 11) is 0. The molecule has 0 radical (unpaired) electrons. The van der Waals surface area contributed by atoms with E-state index >= 15 is 0 Å². The minimum atomic E-state index is -0.235. The molecule has 2 heterocycles. The number of carbonyl (C=O) groups is 3. The Hall–Kier alpha value is -1.56. The van der Waals surface area contributed by atoms with Gasteiger partial charge in [-0.3, -0.25) is 14.4 Å². The first-order chi connectivity index (χ1) is 7.59. The average Bonchev–Trinajstić information content (AvgIpc) is 2.66. The maximum atomic E-state index is 11.6. The van der Waals surface area contributed by atoms with Crippen molar-refractivity contribution >= 4 is 34.1 Å². The van der Waals surface area contributed by atoms with Gasteiger partial charge in [0.15, 0.2) is 10.9 Å². The molecule has 0 aromatic carbocycles. The van der Waals surface area contributed by atoms with Gasteiger partial charge in [-0.1, -0.05) is 0 Å². The molecule has 0 saturated carbocycles. The molecule has 1 aliphatic heterocycles. The van der Waals surface area contributed by atoms with E-state index in [1.54, 1.807) is 5.38 Å². The van der Waals surface area contributed by atoms with Crippen LogP contribution >= 0.6 is 11.3 Å². The smallest absolute Gasteiger partial charge is 0.235 e. The van der Waals surface area contributed by atoms with Crippen molar-refractivity contribution in [1.29, 1.82) is 0 Å². The van der Waals surface area contributed by atoms with Crippen LogP contribution in [0.4, 0.5) is 5.13 Å². The molecule has 2 rings (SSSR count). The van der Waals surface area contributed by atoms with Gasteiger partial charge >= 0.3 is 0 Å². The molecule has 2 amide bonds. The summed E-state index contributed by atoms with van der Waals surface area (Å²) in [6.07, 6.45) is 1.32. The maximum Gasteiger partial charge on any atom is 0.235 e. The van der Waals surface area contributed by atoms with Gasteiger partial charge in [-0.25, -0.2) is 9.88 Å². The monoisotopic (exact) mass is 238 g/mol. The van der Waals surface area contributed by atoms with Crippen LogP contribution in [0.25, 0.3) is 0 Å². The van der Waals surface area contributed by atoms with Gasteiger partial charge < -0.3 is 0 Å². The quantitative estimate of drug-likeness (QED) is 0.576. The summed E-state index contributed by atoms with van der Waals surface area (Å²) in [5.74, 6) is -0.638. The van der Waals surface area contributed by atoms with Crippen LogP contribution in [0.15, 0.2) is 5.38 Å². The second-order valence-electron chi connectivity index (χ2n) is 3.55. The summed E-state index contributed by atoms with van der Waals surface area (Å²) in [5.41, 5.74) is 0.297. The number of anilines is 1. The van der Waals surface area contributed by atoms with Gasteiger partial charge in [-0.15, -0.1) is 11.3 Å². The summed E-state index contributed by atoms with van der Waals surface area (Å²) in [5, 5.41) is 1.87. The number of aromatic nitrogens is 1. The minimum absolute atomic E-state index is 0.167. The first-order valence-electron chi connectivity index (χ1n) is 4.92. The zero-order valence-corrected chi connectivity index (χ0v) is 9.54. The largest absolute Gasteiger partial charge is 0.293 e. The number of Topliss-reactive ketones (excluding diaryl/α,β-unsaturated/α-hetero) is 1. The number of thiazole rings is 1. The third-order valence-corrected chi connectivity index (χ3v) is 3.15. The molecule has 1 aliphatic rings. The molecule has 1 aromatic heterocycles. The number of nitrogens with zero attached hydrogens (tertiary/aromatic N) is 2. The van der Waals surface area contributed by atoms with Gasteiger partial charge in [0, 0.05) is 25.1 Å². The Morgan fingerprint density at radius 3 is 2.50 bits per heavy atom. The second kappa shape index (κ2) is 4.13. The summed E-state index contributed by atoms with van der Waals surface area (Å²) in [4.78, 5) is 39.3. The van der Waals surface area contributed by atoms with Gasteiger partial charge in [-0.05, 0) is 6.42 Å². The molecule has 1 fully saturated rings. The Bertz CT molecular complexity index is 450. The molecule has 6 heteroatoms. The van der Waals surface area contributed by atoms with Crippen molar-refractivity contribution < 1.29 is 14.4 Å².